The zero-order valence-electron chi connectivity index (χ0n) is 17.0. The summed E-state index contributed by atoms with van der Waals surface area (Å²) in [5.74, 6) is -1.39. The third kappa shape index (κ3) is 5.45. The van der Waals surface area contributed by atoms with Gasteiger partial charge in [-0.25, -0.2) is 18.2 Å². The van der Waals surface area contributed by atoms with Crippen LogP contribution in [-0.4, -0.2) is 47.1 Å². The van der Waals surface area contributed by atoms with Crippen LogP contribution in [0.15, 0.2) is 59.6 Å². The number of hydrogen-bond donors (Lipinski definition) is 2. The highest BCUT2D eigenvalue weighted by Crippen LogP contribution is 2.20. The second-order valence-corrected chi connectivity index (χ2v) is 9.49. The number of hydrogen-bond acceptors (Lipinski definition) is 10. The topological polar surface area (TPSA) is 153 Å². The highest BCUT2D eigenvalue weighted by Gasteiger charge is 2.17. The van der Waals surface area contributed by atoms with Gasteiger partial charge in [-0.15, -0.1) is 10.2 Å². The van der Waals surface area contributed by atoms with Crippen molar-refractivity contribution in [3.63, 3.8) is 0 Å². The predicted octanol–water partition coefficient (Wildman–Crippen LogP) is 2.39. The second kappa shape index (κ2) is 9.26. The van der Waals surface area contributed by atoms with Crippen molar-refractivity contribution in [2.24, 2.45) is 0 Å². The normalized spacial score (nSPS) is 11.2. The molecule has 0 saturated carbocycles. The summed E-state index contributed by atoms with van der Waals surface area (Å²) in [6, 6.07) is 12.5. The molecule has 4 rings (SSSR count). The molecular weight excluding hydrogens is 468 g/mol. The Bertz CT molecular complexity index is 1440. The second-order valence-electron chi connectivity index (χ2n) is 6.62. The van der Waals surface area contributed by atoms with Gasteiger partial charge < -0.3 is 10.1 Å². The van der Waals surface area contributed by atoms with Crippen molar-refractivity contribution in [3.8, 4) is 0 Å². The third-order valence-corrected chi connectivity index (χ3v) is 6.43. The molecule has 0 aliphatic carbocycles. The molecule has 1 amide bonds. The zero-order valence-corrected chi connectivity index (χ0v) is 18.7. The van der Waals surface area contributed by atoms with E-state index >= 15 is 0 Å². The predicted molar refractivity (Wildman–Crippen MR) is 120 cm³/mol. The van der Waals surface area contributed by atoms with Crippen LogP contribution in [0.3, 0.4) is 0 Å². The number of rotatable bonds is 7. The lowest BCUT2D eigenvalue weighted by Gasteiger charge is -2.08. The molecule has 0 spiro atoms. The SMILES string of the molecule is Cc1nnc(NS(=O)(=O)c2ccc(NC(=O)COC(=O)c3cnc4ccccc4n3)cc2)s1. The molecule has 0 fully saturated rings. The molecule has 2 aromatic heterocycles. The van der Waals surface area contributed by atoms with Crippen molar-refractivity contribution in [2.75, 3.05) is 16.6 Å². The molecule has 2 aromatic carbocycles. The van der Waals surface area contributed by atoms with Crippen LogP contribution in [0.25, 0.3) is 11.0 Å². The van der Waals surface area contributed by atoms with Crippen LogP contribution in [0, 0.1) is 6.92 Å². The van der Waals surface area contributed by atoms with Crippen molar-refractivity contribution < 1.29 is 22.7 Å². The summed E-state index contributed by atoms with van der Waals surface area (Å²) < 4.78 is 32.1. The molecule has 0 aliphatic rings. The van der Waals surface area contributed by atoms with E-state index in [9.17, 15) is 18.0 Å². The molecule has 168 valence electrons. The van der Waals surface area contributed by atoms with Gasteiger partial charge in [-0.05, 0) is 43.3 Å². The Hall–Kier alpha value is -3.97. The summed E-state index contributed by atoms with van der Waals surface area (Å²) in [5, 5.41) is 10.8. The van der Waals surface area contributed by atoms with Crippen LogP contribution in [0.5, 0.6) is 0 Å². The zero-order chi connectivity index (χ0) is 23.4. The Morgan fingerprint density at radius 2 is 1.76 bits per heavy atom. The van der Waals surface area contributed by atoms with E-state index in [0.29, 0.717) is 21.7 Å². The first-order chi connectivity index (χ1) is 15.8. The number of fused-ring (bicyclic) bond motifs is 1. The number of nitrogens with one attached hydrogen (secondary N) is 2. The number of aryl methyl sites for hydroxylation is 1. The fourth-order valence-electron chi connectivity index (χ4n) is 2.69. The van der Waals surface area contributed by atoms with Gasteiger partial charge in [0.15, 0.2) is 12.3 Å². The summed E-state index contributed by atoms with van der Waals surface area (Å²) in [4.78, 5) is 32.6. The molecule has 33 heavy (non-hydrogen) atoms. The van der Waals surface area contributed by atoms with Crippen LogP contribution in [0.4, 0.5) is 10.8 Å². The number of aromatic nitrogens is 4. The van der Waals surface area contributed by atoms with E-state index in [0.717, 1.165) is 11.3 Å². The quantitative estimate of drug-likeness (QED) is 0.376. The van der Waals surface area contributed by atoms with E-state index in [-0.39, 0.29) is 15.7 Å². The standard InChI is InChI=1S/C20H16N6O5S2/c1-12-24-25-20(32-12)26-33(29,30)14-8-6-13(7-9-14)22-18(27)11-31-19(28)17-10-21-15-4-2-3-5-16(15)23-17/h2-10H,11H2,1H3,(H,22,27)(H,25,26). The summed E-state index contributed by atoms with van der Waals surface area (Å²) in [7, 11) is -3.85. The summed E-state index contributed by atoms with van der Waals surface area (Å²) in [5.41, 5.74) is 1.47. The van der Waals surface area contributed by atoms with E-state index in [1.54, 1.807) is 31.2 Å². The minimum Gasteiger partial charge on any atom is -0.451 e. The number of carbonyl (C=O) groups excluding carboxylic acids is 2. The first-order valence-corrected chi connectivity index (χ1v) is 11.7. The molecule has 11 nitrogen and oxygen atoms in total. The number of carbonyl (C=O) groups is 2. The minimum atomic E-state index is -3.85. The van der Waals surface area contributed by atoms with Crippen LogP contribution >= 0.6 is 11.3 Å². The molecule has 13 heteroatoms. The Labute approximate surface area is 191 Å². The molecule has 0 saturated heterocycles. The lowest BCUT2D eigenvalue weighted by molar-refractivity contribution is -0.119. The fraction of sp³-hybridized carbons (Fsp3) is 0.100. The molecular formula is C20H16N6O5S2. The van der Waals surface area contributed by atoms with E-state index in [4.69, 9.17) is 4.74 Å². The van der Waals surface area contributed by atoms with Gasteiger partial charge in [0.2, 0.25) is 5.13 Å². The lowest BCUT2D eigenvalue weighted by atomic mass is 10.3. The highest BCUT2D eigenvalue weighted by molar-refractivity contribution is 7.93. The smallest absolute Gasteiger partial charge is 0.359 e. The lowest BCUT2D eigenvalue weighted by Crippen LogP contribution is -2.21. The number of anilines is 2. The minimum absolute atomic E-state index is 0.0188. The van der Waals surface area contributed by atoms with Gasteiger partial charge >= 0.3 is 5.97 Å². The van der Waals surface area contributed by atoms with Gasteiger partial charge in [0.05, 0.1) is 22.1 Å². The molecule has 2 heterocycles. The Balaban J connectivity index is 1.33. The number of para-hydroxylation sites is 2. The molecule has 4 aromatic rings. The highest BCUT2D eigenvalue weighted by atomic mass is 32.2. The number of amides is 1. The summed E-state index contributed by atoms with van der Waals surface area (Å²) in [6.07, 6.45) is 1.28. The van der Waals surface area contributed by atoms with E-state index in [2.05, 4.69) is 30.2 Å². The third-order valence-electron chi connectivity index (χ3n) is 4.19. The van der Waals surface area contributed by atoms with Crippen molar-refractivity contribution >= 4 is 55.1 Å². The number of benzene rings is 2. The van der Waals surface area contributed by atoms with Crippen molar-refractivity contribution in [3.05, 3.63) is 65.4 Å². The maximum Gasteiger partial charge on any atom is 0.359 e. The molecule has 0 aliphatic heterocycles. The summed E-state index contributed by atoms with van der Waals surface area (Å²) in [6.45, 7) is 1.16. The van der Waals surface area contributed by atoms with Gasteiger partial charge in [-0.3, -0.25) is 14.5 Å². The van der Waals surface area contributed by atoms with Gasteiger partial charge in [-0.2, -0.15) is 0 Å². The molecule has 0 bridgehead atoms. The molecule has 0 atom stereocenters. The molecule has 0 unspecified atom stereocenters. The van der Waals surface area contributed by atoms with Gasteiger partial charge in [0, 0.05) is 5.69 Å². The number of ether oxygens (including phenoxy) is 1. The average Bonchev–Trinajstić information content (AvgIpc) is 3.21. The van der Waals surface area contributed by atoms with Crippen LogP contribution in [0.2, 0.25) is 0 Å². The maximum atomic E-state index is 12.4. The van der Waals surface area contributed by atoms with E-state index < -0.39 is 28.5 Å². The van der Waals surface area contributed by atoms with Gasteiger partial charge in [0.25, 0.3) is 15.9 Å². The van der Waals surface area contributed by atoms with Crippen LogP contribution in [-0.2, 0) is 19.6 Å². The van der Waals surface area contributed by atoms with Crippen molar-refractivity contribution in [1.29, 1.82) is 0 Å². The number of sulfonamides is 1. The van der Waals surface area contributed by atoms with Gasteiger partial charge in [0.1, 0.15) is 5.01 Å². The average molecular weight is 485 g/mol. The summed E-state index contributed by atoms with van der Waals surface area (Å²) >= 11 is 1.11. The first-order valence-electron chi connectivity index (χ1n) is 9.42. The van der Waals surface area contributed by atoms with Crippen molar-refractivity contribution in [1.82, 2.24) is 20.2 Å². The van der Waals surface area contributed by atoms with E-state index in [1.807, 2.05) is 0 Å². The first kappa shape index (κ1) is 22.2. The van der Waals surface area contributed by atoms with Crippen LogP contribution < -0.4 is 10.0 Å². The maximum absolute atomic E-state index is 12.4. The number of esters is 1. The molecule has 0 radical (unpaired) electrons. The van der Waals surface area contributed by atoms with E-state index in [1.165, 1.54) is 30.5 Å². The Morgan fingerprint density at radius 3 is 2.45 bits per heavy atom. The Morgan fingerprint density at radius 1 is 1.03 bits per heavy atom. The van der Waals surface area contributed by atoms with Crippen molar-refractivity contribution in [2.45, 2.75) is 11.8 Å². The largest absolute Gasteiger partial charge is 0.451 e. The monoisotopic (exact) mass is 484 g/mol. The Kier molecular flexibility index (Phi) is 6.24. The molecule has 2 N–H and O–H groups in total. The fourth-order valence-corrected chi connectivity index (χ4v) is 4.51. The van der Waals surface area contributed by atoms with Crippen LogP contribution in [0.1, 0.15) is 15.5 Å². The number of nitrogens with zero attached hydrogens (tertiary/aromatic N) is 4. The van der Waals surface area contributed by atoms with Gasteiger partial charge in [-0.1, -0.05) is 23.5 Å².